The number of pyridine rings is 1. The van der Waals surface area contributed by atoms with Crippen LogP contribution in [-0.2, 0) is 6.54 Å². The van der Waals surface area contributed by atoms with Crippen LogP contribution < -0.4 is 15.5 Å². The summed E-state index contributed by atoms with van der Waals surface area (Å²) >= 11 is 1.75. The summed E-state index contributed by atoms with van der Waals surface area (Å²) in [6, 6.07) is 14.3. The van der Waals surface area contributed by atoms with Crippen LogP contribution in [0.4, 0.5) is 11.4 Å². The fraction of sp³-hybridized carbons (Fsp3) is 0.273. The van der Waals surface area contributed by atoms with Gasteiger partial charge in [0.2, 0.25) is 0 Å². The minimum atomic E-state index is -0.115. The Balaban J connectivity index is 1.31. The van der Waals surface area contributed by atoms with E-state index < -0.39 is 0 Å². The number of hydrogen-bond donors (Lipinski definition) is 2. The third kappa shape index (κ3) is 4.77. The summed E-state index contributed by atoms with van der Waals surface area (Å²) in [6.07, 6.45) is 5.50. The van der Waals surface area contributed by atoms with Crippen LogP contribution in [0.3, 0.4) is 0 Å². The number of piperidine rings is 1. The fourth-order valence-corrected chi connectivity index (χ4v) is 4.15. The van der Waals surface area contributed by atoms with Crippen molar-refractivity contribution in [3.05, 3.63) is 76.7 Å². The van der Waals surface area contributed by atoms with Crippen LogP contribution in [0.2, 0.25) is 0 Å². The number of hydrogen-bond acceptors (Lipinski definition) is 5. The fourth-order valence-electron chi connectivity index (χ4n) is 3.48. The summed E-state index contributed by atoms with van der Waals surface area (Å²) in [7, 11) is 0. The molecule has 6 heteroatoms. The van der Waals surface area contributed by atoms with Crippen molar-refractivity contribution in [1.82, 2.24) is 10.3 Å². The predicted molar refractivity (Wildman–Crippen MR) is 115 cm³/mol. The zero-order valence-corrected chi connectivity index (χ0v) is 16.5. The lowest BCUT2D eigenvalue weighted by molar-refractivity contribution is 0.102. The zero-order chi connectivity index (χ0) is 19.2. The van der Waals surface area contributed by atoms with E-state index in [2.05, 4.69) is 49.5 Å². The van der Waals surface area contributed by atoms with Crippen molar-refractivity contribution in [2.24, 2.45) is 0 Å². The van der Waals surface area contributed by atoms with Crippen molar-refractivity contribution < 1.29 is 4.79 Å². The third-order valence-corrected chi connectivity index (χ3v) is 5.81. The number of benzene rings is 1. The van der Waals surface area contributed by atoms with Gasteiger partial charge in [0.05, 0.1) is 0 Å². The average molecular weight is 393 g/mol. The number of rotatable bonds is 6. The maximum atomic E-state index is 12.4. The molecule has 1 aromatic carbocycles. The van der Waals surface area contributed by atoms with Crippen molar-refractivity contribution in [3.63, 3.8) is 0 Å². The second-order valence-electron chi connectivity index (χ2n) is 7.01. The first-order valence-electron chi connectivity index (χ1n) is 9.59. The van der Waals surface area contributed by atoms with Crippen molar-refractivity contribution in [1.29, 1.82) is 0 Å². The van der Waals surface area contributed by atoms with E-state index in [4.69, 9.17) is 0 Å². The van der Waals surface area contributed by atoms with Gasteiger partial charge in [-0.15, -0.1) is 0 Å². The SMILES string of the molecule is O=C(Nc1cccc(N2CCC(NCc3ccsc3)CC2)c1)c1ccncc1. The van der Waals surface area contributed by atoms with Gasteiger partial charge in [0.15, 0.2) is 0 Å². The predicted octanol–water partition coefficient (Wildman–Crippen LogP) is 4.15. The van der Waals surface area contributed by atoms with Crippen molar-refractivity contribution >= 4 is 28.6 Å². The standard InChI is InChI=1S/C22H24N4OS/c27-22(18-4-9-23-10-5-18)25-20-2-1-3-21(14-20)26-11-6-19(7-12-26)24-15-17-8-13-28-16-17/h1-5,8-10,13-14,16,19,24H,6-7,11-12,15H2,(H,25,27). The lowest BCUT2D eigenvalue weighted by Crippen LogP contribution is -2.42. The molecule has 3 heterocycles. The molecule has 1 saturated heterocycles. The molecule has 0 aliphatic carbocycles. The van der Waals surface area contributed by atoms with Gasteiger partial charge in [-0.05, 0) is 65.6 Å². The molecule has 5 nitrogen and oxygen atoms in total. The summed E-state index contributed by atoms with van der Waals surface area (Å²) in [5.74, 6) is -0.115. The Labute approximate surface area is 169 Å². The minimum absolute atomic E-state index is 0.115. The summed E-state index contributed by atoms with van der Waals surface area (Å²) in [5.41, 5.74) is 3.95. The Kier molecular flexibility index (Phi) is 5.99. The van der Waals surface area contributed by atoms with Crippen molar-refractivity contribution in [3.8, 4) is 0 Å². The Morgan fingerprint density at radius 1 is 1.14 bits per heavy atom. The van der Waals surface area contributed by atoms with Gasteiger partial charge in [-0.3, -0.25) is 9.78 Å². The topological polar surface area (TPSA) is 57.3 Å². The molecule has 0 bridgehead atoms. The molecule has 28 heavy (non-hydrogen) atoms. The van der Waals surface area contributed by atoms with Gasteiger partial charge in [-0.2, -0.15) is 11.3 Å². The maximum absolute atomic E-state index is 12.4. The third-order valence-electron chi connectivity index (χ3n) is 5.08. The maximum Gasteiger partial charge on any atom is 0.255 e. The summed E-state index contributed by atoms with van der Waals surface area (Å²) < 4.78 is 0. The molecule has 3 aromatic rings. The number of amides is 1. The van der Waals surface area contributed by atoms with Crippen molar-refractivity contribution in [2.45, 2.75) is 25.4 Å². The number of thiophene rings is 1. The van der Waals surface area contributed by atoms with E-state index in [-0.39, 0.29) is 5.91 Å². The molecule has 0 atom stereocenters. The first-order chi connectivity index (χ1) is 13.8. The quantitative estimate of drug-likeness (QED) is 0.662. The summed E-state index contributed by atoms with van der Waals surface area (Å²) in [4.78, 5) is 18.7. The van der Waals surface area contributed by atoms with Gasteiger partial charge in [-0.1, -0.05) is 6.07 Å². The highest BCUT2D eigenvalue weighted by atomic mass is 32.1. The van der Waals surface area contributed by atoms with Crippen LogP contribution in [0.5, 0.6) is 0 Å². The van der Waals surface area contributed by atoms with E-state index in [1.54, 1.807) is 35.9 Å². The smallest absolute Gasteiger partial charge is 0.255 e. The molecule has 1 aliphatic rings. The summed E-state index contributed by atoms with van der Waals surface area (Å²) in [6.45, 7) is 2.98. The highest BCUT2D eigenvalue weighted by molar-refractivity contribution is 7.07. The number of anilines is 2. The Hall–Kier alpha value is -2.70. The highest BCUT2D eigenvalue weighted by Gasteiger charge is 2.19. The number of nitrogens with zero attached hydrogens (tertiary/aromatic N) is 2. The van der Waals surface area contributed by atoms with E-state index in [0.29, 0.717) is 11.6 Å². The molecule has 1 fully saturated rings. The number of aromatic nitrogens is 1. The largest absolute Gasteiger partial charge is 0.371 e. The molecule has 4 rings (SSSR count). The Bertz CT molecular complexity index is 890. The van der Waals surface area contributed by atoms with E-state index in [1.165, 1.54) is 5.56 Å². The lowest BCUT2D eigenvalue weighted by Gasteiger charge is -2.34. The molecule has 0 radical (unpaired) electrons. The van der Waals surface area contributed by atoms with Crippen LogP contribution in [0.25, 0.3) is 0 Å². The van der Waals surface area contributed by atoms with Crippen LogP contribution >= 0.6 is 11.3 Å². The number of carbonyl (C=O) groups is 1. The number of nitrogens with one attached hydrogen (secondary N) is 2. The molecular formula is C22H24N4OS. The van der Waals surface area contributed by atoms with Crippen LogP contribution in [0.15, 0.2) is 65.6 Å². The Morgan fingerprint density at radius 3 is 2.71 bits per heavy atom. The van der Waals surface area contributed by atoms with Gasteiger partial charge >= 0.3 is 0 Å². The van der Waals surface area contributed by atoms with E-state index >= 15 is 0 Å². The highest BCUT2D eigenvalue weighted by Crippen LogP contribution is 2.24. The van der Waals surface area contributed by atoms with Gasteiger partial charge in [0.1, 0.15) is 0 Å². The second kappa shape index (κ2) is 8.99. The molecule has 2 N–H and O–H groups in total. The first-order valence-corrected chi connectivity index (χ1v) is 10.5. The molecule has 144 valence electrons. The van der Waals surface area contributed by atoms with E-state index in [1.807, 2.05) is 12.1 Å². The molecule has 0 spiro atoms. The normalized spacial score (nSPS) is 14.8. The van der Waals surface area contributed by atoms with Crippen molar-refractivity contribution in [2.75, 3.05) is 23.3 Å². The monoisotopic (exact) mass is 392 g/mol. The van der Waals surface area contributed by atoms with Crippen LogP contribution in [-0.4, -0.2) is 30.0 Å². The molecule has 0 saturated carbocycles. The summed E-state index contributed by atoms with van der Waals surface area (Å²) in [5, 5.41) is 11.0. The van der Waals surface area contributed by atoms with Gasteiger partial charge in [0.25, 0.3) is 5.91 Å². The van der Waals surface area contributed by atoms with Crippen LogP contribution in [0.1, 0.15) is 28.8 Å². The molecule has 2 aromatic heterocycles. The van der Waals surface area contributed by atoms with Crippen LogP contribution in [0, 0.1) is 0 Å². The van der Waals surface area contributed by atoms with E-state index in [0.717, 1.165) is 43.9 Å². The molecular weight excluding hydrogens is 368 g/mol. The lowest BCUT2D eigenvalue weighted by atomic mass is 10.0. The molecule has 1 aliphatic heterocycles. The zero-order valence-electron chi connectivity index (χ0n) is 15.7. The van der Waals surface area contributed by atoms with E-state index in [9.17, 15) is 4.79 Å². The molecule has 1 amide bonds. The van der Waals surface area contributed by atoms with Gasteiger partial charge < -0.3 is 15.5 Å². The Morgan fingerprint density at radius 2 is 1.96 bits per heavy atom. The van der Waals surface area contributed by atoms with Gasteiger partial charge in [-0.25, -0.2) is 0 Å². The average Bonchev–Trinajstić information content (AvgIpc) is 3.27. The number of carbonyl (C=O) groups excluding carboxylic acids is 1. The first kappa shape index (κ1) is 18.7. The second-order valence-corrected chi connectivity index (χ2v) is 7.79. The minimum Gasteiger partial charge on any atom is -0.371 e. The molecule has 0 unspecified atom stereocenters. The van der Waals surface area contributed by atoms with Gasteiger partial charge in [0, 0.05) is 55.0 Å².